The van der Waals surface area contributed by atoms with E-state index in [9.17, 15) is 4.79 Å². The van der Waals surface area contributed by atoms with Crippen LogP contribution < -0.4 is 5.73 Å². The summed E-state index contributed by atoms with van der Waals surface area (Å²) in [5.74, 6) is 0.0283. The summed E-state index contributed by atoms with van der Waals surface area (Å²) in [6.45, 7) is 4.11. The van der Waals surface area contributed by atoms with Crippen LogP contribution in [0.15, 0.2) is 18.2 Å². The summed E-state index contributed by atoms with van der Waals surface area (Å²) in [5, 5.41) is 0. The van der Waals surface area contributed by atoms with Crippen molar-refractivity contribution in [3.8, 4) is 0 Å². The third kappa shape index (κ3) is 2.16. The van der Waals surface area contributed by atoms with Gasteiger partial charge in [-0.15, -0.1) is 0 Å². The predicted octanol–water partition coefficient (Wildman–Crippen LogP) is 1.70. The summed E-state index contributed by atoms with van der Waals surface area (Å²) in [7, 11) is 0. The van der Waals surface area contributed by atoms with Crippen molar-refractivity contribution in [2.75, 3.05) is 6.54 Å². The molecular formula is C11H15NO. The molecule has 0 unspecified atom stereocenters. The maximum atomic E-state index is 11.4. The quantitative estimate of drug-likeness (QED) is 0.714. The highest BCUT2D eigenvalue weighted by atomic mass is 16.1. The fraction of sp³-hybridized carbons (Fsp3) is 0.364. The van der Waals surface area contributed by atoms with E-state index in [4.69, 9.17) is 5.73 Å². The molecule has 0 aliphatic rings. The maximum absolute atomic E-state index is 11.4. The van der Waals surface area contributed by atoms with Crippen molar-refractivity contribution in [3.63, 3.8) is 0 Å². The molecule has 0 fully saturated rings. The number of hydrogen-bond acceptors (Lipinski definition) is 2. The van der Waals surface area contributed by atoms with Gasteiger partial charge in [-0.05, 0) is 25.0 Å². The summed E-state index contributed by atoms with van der Waals surface area (Å²) >= 11 is 0. The van der Waals surface area contributed by atoms with Crippen LogP contribution in [0, 0.1) is 6.92 Å². The molecule has 0 bridgehead atoms. The summed E-state index contributed by atoms with van der Waals surface area (Å²) in [5.41, 5.74) is 8.30. The van der Waals surface area contributed by atoms with Gasteiger partial charge in [0.05, 0.1) is 6.54 Å². The molecular weight excluding hydrogens is 162 g/mol. The van der Waals surface area contributed by atoms with Crippen LogP contribution in [0.4, 0.5) is 0 Å². The minimum absolute atomic E-state index is 0.0283. The first-order chi connectivity index (χ1) is 6.19. The Hall–Kier alpha value is -1.15. The van der Waals surface area contributed by atoms with Crippen LogP contribution in [0.2, 0.25) is 0 Å². The van der Waals surface area contributed by atoms with Gasteiger partial charge in [0.1, 0.15) is 0 Å². The van der Waals surface area contributed by atoms with Gasteiger partial charge in [0.25, 0.3) is 0 Å². The van der Waals surface area contributed by atoms with E-state index in [0.29, 0.717) is 0 Å². The zero-order chi connectivity index (χ0) is 9.84. The van der Waals surface area contributed by atoms with Crippen LogP contribution in [0.5, 0.6) is 0 Å². The molecule has 0 saturated heterocycles. The Morgan fingerprint density at radius 3 is 2.69 bits per heavy atom. The van der Waals surface area contributed by atoms with Crippen molar-refractivity contribution in [2.45, 2.75) is 20.3 Å². The van der Waals surface area contributed by atoms with Crippen molar-refractivity contribution in [1.29, 1.82) is 0 Å². The number of nitrogens with two attached hydrogens (primary N) is 1. The zero-order valence-electron chi connectivity index (χ0n) is 8.13. The monoisotopic (exact) mass is 177 g/mol. The van der Waals surface area contributed by atoms with Gasteiger partial charge < -0.3 is 5.73 Å². The highest BCUT2D eigenvalue weighted by Crippen LogP contribution is 2.12. The molecule has 13 heavy (non-hydrogen) atoms. The molecule has 2 nitrogen and oxygen atoms in total. The summed E-state index contributed by atoms with van der Waals surface area (Å²) < 4.78 is 0. The van der Waals surface area contributed by atoms with Crippen LogP contribution in [-0.2, 0) is 6.42 Å². The number of benzene rings is 1. The number of carbonyl (C=O) groups excluding carboxylic acids is 1. The van der Waals surface area contributed by atoms with E-state index >= 15 is 0 Å². The van der Waals surface area contributed by atoms with Crippen LogP contribution >= 0.6 is 0 Å². The molecule has 0 aromatic heterocycles. The minimum Gasteiger partial charge on any atom is -0.324 e. The van der Waals surface area contributed by atoms with Crippen molar-refractivity contribution in [1.82, 2.24) is 0 Å². The molecule has 0 saturated carbocycles. The van der Waals surface area contributed by atoms with Gasteiger partial charge in [-0.25, -0.2) is 0 Å². The molecule has 1 aromatic rings. The lowest BCUT2D eigenvalue weighted by Crippen LogP contribution is -2.15. The van der Waals surface area contributed by atoms with Crippen LogP contribution in [0.1, 0.15) is 28.4 Å². The molecule has 0 radical (unpaired) electrons. The first-order valence-corrected chi connectivity index (χ1v) is 4.51. The van der Waals surface area contributed by atoms with E-state index in [1.807, 2.05) is 32.0 Å². The van der Waals surface area contributed by atoms with E-state index < -0.39 is 0 Å². The number of hydrogen-bond donors (Lipinski definition) is 1. The number of ketones is 1. The fourth-order valence-electron chi connectivity index (χ4n) is 1.37. The van der Waals surface area contributed by atoms with Gasteiger partial charge in [0.15, 0.2) is 5.78 Å². The third-order valence-electron chi connectivity index (χ3n) is 2.13. The molecule has 70 valence electrons. The van der Waals surface area contributed by atoms with Crippen LogP contribution in [0.25, 0.3) is 0 Å². The Morgan fingerprint density at radius 2 is 2.15 bits per heavy atom. The number of Topliss-reactive ketones (excluding diaryl/α,β-unsaturated/α-hetero) is 1. The van der Waals surface area contributed by atoms with Gasteiger partial charge in [-0.3, -0.25) is 4.79 Å². The smallest absolute Gasteiger partial charge is 0.176 e. The van der Waals surface area contributed by atoms with Gasteiger partial charge in [0, 0.05) is 5.56 Å². The Bertz CT molecular complexity index is 318. The maximum Gasteiger partial charge on any atom is 0.176 e. The second kappa shape index (κ2) is 4.19. The van der Waals surface area contributed by atoms with E-state index in [1.165, 1.54) is 0 Å². The normalized spacial score (nSPS) is 10.1. The molecule has 0 spiro atoms. The highest BCUT2D eigenvalue weighted by Gasteiger charge is 2.07. The highest BCUT2D eigenvalue weighted by molar-refractivity contribution is 5.99. The number of carbonyl (C=O) groups is 1. The van der Waals surface area contributed by atoms with E-state index in [-0.39, 0.29) is 12.3 Å². The lowest BCUT2D eigenvalue weighted by molar-refractivity contribution is 0.100. The second-order valence-electron chi connectivity index (χ2n) is 3.14. The zero-order valence-corrected chi connectivity index (χ0v) is 8.13. The van der Waals surface area contributed by atoms with Crippen molar-refractivity contribution in [3.05, 3.63) is 34.9 Å². The average molecular weight is 177 g/mol. The second-order valence-corrected chi connectivity index (χ2v) is 3.14. The lowest BCUT2D eigenvalue weighted by Gasteiger charge is -2.06. The van der Waals surface area contributed by atoms with E-state index in [2.05, 4.69) is 0 Å². The van der Waals surface area contributed by atoms with E-state index in [1.54, 1.807) is 0 Å². The Balaban J connectivity index is 3.15. The molecule has 2 N–H and O–H groups in total. The largest absolute Gasteiger partial charge is 0.324 e. The third-order valence-corrected chi connectivity index (χ3v) is 2.13. The SMILES string of the molecule is CCc1ccc(C)cc1C(=O)CN. The van der Waals surface area contributed by atoms with Crippen LogP contribution in [-0.4, -0.2) is 12.3 Å². The predicted molar refractivity (Wildman–Crippen MR) is 53.9 cm³/mol. The molecule has 0 atom stereocenters. The molecule has 0 aliphatic heterocycles. The van der Waals surface area contributed by atoms with E-state index in [0.717, 1.165) is 23.1 Å². The Kier molecular flexibility index (Phi) is 3.20. The lowest BCUT2D eigenvalue weighted by atomic mass is 9.99. The van der Waals surface area contributed by atoms with Gasteiger partial charge >= 0.3 is 0 Å². The standard InChI is InChI=1S/C11H15NO/c1-3-9-5-4-8(2)6-10(9)11(13)7-12/h4-6H,3,7,12H2,1-2H3. The molecule has 0 aliphatic carbocycles. The summed E-state index contributed by atoms with van der Waals surface area (Å²) in [4.78, 5) is 11.4. The molecule has 0 amide bonds. The number of aryl methyl sites for hydroxylation is 2. The topological polar surface area (TPSA) is 43.1 Å². The number of rotatable bonds is 3. The van der Waals surface area contributed by atoms with Gasteiger partial charge in [-0.1, -0.05) is 24.6 Å². The fourth-order valence-corrected chi connectivity index (χ4v) is 1.37. The Morgan fingerprint density at radius 1 is 1.46 bits per heavy atom. The first kappa shape index (κ1) is 9.93. The van der Waals surface area contributed by atoms with Crippen molar-refractivity contribution in [2.24, 2.45) is 5.73 Å². The summed E-state index contributed by atoms with van der Waals surface area (Å²) in [6.07, 6.45) is 0.876. The molecule has 0 heterocycles. The Labute approximate surface area is 78.8 Å². The average Bonchev–Trinajstić information content (AvgIpc) is 2.16. The molecule has 2 heteroatoms. The molecule has 1 rings (SSSR count). The minimum atomic E-state index is 0.0283. The van der Waals surface area contributed by atoms with Gasteiger partial charge in [0.2, 0.25) is 0 Å². The van der Waals surface area contributed by atoms with Gasteiger partial charge in [-0.2, -0.15) is 0 Å². The van der Waals surface area contributed by atoms with Crippen molar-refractivity contribution < 1.29 is 4.79 Å². The van der Waals surface area contributed by atoms with Crippen LogP contribution in [0.3, 0.4) is 0 Å². The van der Waals surface area contributed by atoms with Crippen molar-refractivity contribution >= 4 is 5.78 Å². The summed E-state index contributed by atoms with van der Waals surface area (Å²) in [6, 6.07) is 5.93. The first-order valence-electron chi connectivity index (χ1n) is 4.51. The molecule has 1 aromatic carbocycles.